The molecule has 1 heterocycles. The second-order valence-electron chi connectivity index (χ2n) is 4.38. The molecule has 14 heavy (non-hydrogen) atoms. The molecule has 0 spiro atoms. The lowest BCUT2D eigenvalue weighted by Crippen LogP contribution is -2.17. The van der Waals surface area contributed by atoms with E-state index in [0.717, 1.165) is 0 Å². The van der Waals surface area contributed by atoms with E-state index >= 15 is 0 Å². The third kappa shape index (κ3) is 4.01. The van der Waals surface area contributed by atoms with E-state index < -0.39 is 0 Å². The van der Waals surface area contributed by atoms with Gasteiger partial charge in [0.05, 0.1) is 6.61 Å². The van der Waals surface area contributed by atoms with Gasteiger partial charge < -0.3 is 4.74 Å². The van der Waals surface area contributed by atoms with Crippen molar-refractivity contribution >= 4 is 11.8 Å². The Hall–Kier alpha value is -0.700. The molecule has 0 saturated carbocycles. The number of ether oxygens (including phenoxy) is 1. The Balaban J connectivity index is 2.59. The largest absolute Gasteiger partial charge is 0.477 e. The average Bonchev–Trinajstić information content (AvgIpc) is 2.14. The van der Waals surface area contributed by atoms with Crippen LogP contribution in [0.2, 0.25) is 0 Å². The summed E-state index contributed by atoms with van der Waals surface area (Å²) in [5.74, 6) is 0.715. The van der Waals surface area contributed by atoms with E-state index in [0.29, 0.717) is 12.5 Å². The Morgan fingerprint density at radius 1 is 1.43 bits per heavy atom. The van der Waals surface area contributed by atoms with Gasteiger partial charge in [0, 0.05) is 17.2 Å². The topological polar surface area (TPSA) is 22.1 Å². The van der Waals surface area contributed by atoms with Crippen LogP contribution in [0.15, 0.2) is 23.2 Å². The van der Waals surface area contributed by atoms with Crippen molar-refractivity contribution in [3.63, 3.8) is 0 Å². The summed E-state index contributed by atoms with van der Waals surface area (Å²) in [5.41, 5.74) is 0.178. The molecule has 0 bridgehead atoms. The van der Waals surface area contributed by atoms with Crippen LogP contribution in [0.3, 0.4) is 0 Å². The zero-order chi connectivity index (χ0) is 10.6. The number of nitrogens with zero attached hydrogens (tertiary/aromatic N) is 1. The fourth-order valence-electron chi connectivity index (χ4n) is 0.888. The fraction of sp³-hybridized carbons (Fsp3) is 0.545. The van der Waals surface area contributed by atoms with E-state index in [2.05, 4.69) is 25.8 Å². The summed E-state index contributed by atoms with van der Waals surface area (Å²) >= 11 is 1.70. The van der Waals surface area contributed by atoms with Gasteiger partial charge in [-0.25, -0.2) is 4.98 Å². The summed E-state index contributed by atoms with van der Waals surface area (Å²) in [6.07, 6.45) is 3.83. The van der Waals surface area contributed by atoms with Gasteiger partial charge in [-0.1, -0.05) is 20.8 Å². The lowest BCUT2D eigenvalue weighted by Gasteiger charge is -2.18. The molecular weight excluding hydrogens is 194 g/mol. The Kier molecular flexibility index (Phi) is 3.81. The van der Waals surface area contributed by atoms with Crippen molar-refractivity contribution in [2.75, 3.05) is 12.9 Å². The summed E-state index contributed by atoms with van der Waals surface area (Å²) in [5, 5.41) is 0. The van der Waals surface area contributed by atoms with Gasteiger partial charge in [0.25, 0.3) is 0 Å². The highest BCUT2D eigenvalue weighted by molar-refractivity contribution is 7.98. The molecule has 2 nitrogen and oxygen atoms in total. The molecule has 0 fully saturated rings. The molecule has 1 aromatic rings. The summed E-state index contributed by atoms with van der Waals surface area (Å²) in [7, 11) is 0. The Morgan fingerprint density at radius 3 is 2.71 bits per heavy atom. The third-order valence-electron chi connectivity index (χ3n) is 1.60. The van der Waals surface area contributed by atoms with Gasteiger partial charge in [0.1, 0.15) is 0 Å². The van der Waals surface area contributed by atoms with Gasteiger partial charge in [-0.2, -0.15) is 0 Å². The normalized spacial score (nSPS) is 11.4. The van der Waals surface area contributed by atoms with Crippen molar-refractivity contribution < 1.29 is 4.74 Å². The molecule has 1 aromatic heterocycles. The molecule has 0 aromatic carbocycles. The predicted octanol–water partition coefficient (Wildman–Crippen LogP) is 3.23. The first-order valence-electron chi connectivity index (χ1n) is 4.64. The molecule has 0 aliphatic rings. The van der Waals surface area contributed by atoms with Crippen LogP contribution in [-0.2, 0) is 0 Å². The average molecular weight is 211 g/mol. The number of rotatable bonds is 3. The minimum Gasteiger partial charge on any atom is -0.477 e. The highest BCUT2D eigenvalue weighted by Gasteiger charge is 2.11. The maximum atomic E-state index is 5.59. The van der Waals surface area contributed by atoms with Gasteiger partial charge in [-0.15, -0.1) is 11.8 Å². The minimum absolute atomic E-state index is 0.178. The number of aromatic nitrogens is 1. The first-order chi connectivity index (χ1) is 6.51. The van der Waals surface area contributed by atoms with Gasteiger partial charge in [0.2, 0.25) is 5.88 Å². The number of hydrogen-bond donors (Lipinski definition) is 0. The van der Waals surface area contributed by atoms with Crippen LogP contribution >= 0.6 is 11.8 Å². The van der Waals surface area contributed by atoms with Gasteiger partial charge in [-0.3, -0.25) is 0 Å². The van der Waals surface area contributed by atoms with Gasteiger partial charge >= 0.3 is 0 Å². The summed E-state index contributed by atoms with van der Waals surface area (Å²) in [6.45, 7) is 7.13. The van der Waals surface area contributed by atoms with Crippen molar-refractivity contribution in [2.24, 2.45) is 5.41 Å². The maximum absolute atomic E-state index is 5.59. The van der Waals surface area contributed by atoms with Crippen LogP contribution in [0.25, 0.3) is 0 Å². The summed E-state index contributed by atoms with van der Waals surface area (Å²) in [6, 6.07) is 3.95. The molecule has 0 saturated heterocycles. The minimum atomic E-state index is 0.178. The monoisotopic (exact) mass is 211 g/mol. The summed E-state index contributed by atoms with van der Waals surface area (Å²) < 4.78 is 5.59. The summed E-state index contributed by atoms with van der Waals surface area (Å²) in [4.78, 5) is 5.34. The van der Waals surface area contributed by atoms with E-state index in [4.69, 9.17) is 4.74 Å². The van der Waals surface area contributed by atoms with E-state index in [1.807, 2.05) is 18.4 Å². The van der Waals surface area contributed by atoms with Crippen LogP contribution in [0.5, 0.6) is 5.88 Å². The third-order valence-corrected chi connectivity index (χ3v) is 2.32. The van der Waals surface area contributed by atoms with Crippen molar-refractivity contribution in [3.8, 4) is 5.88 Å². The number of hydrogen-bond acceptors (Lipinski definition) is 3. The second kappa shape index (κ2) is 4.69. The van der Waals surface area contributed by atoms with E-state index in [1.165, 1.54) is 4.90 Å². The van der Waals surface area contributed by atoms with E-state index in [9.17, 15) is 0 Å². The molecule has 0 amide bonds. The predicted molar refractivity (Wildman–Crippen MR) is 61.0 cm³/mol. The fourth-order valence-corrected chi connectivity index (χ4v) is 1.30. The highest BCUT2D eigenvalue weighted by atomic mass is 32.2. The SMILES string of the molecule is CSc1ccnc(OCC(C)(C)C)c1. The molecule has 78 valence electrons. The smallest absolute Gasteiger partial charge is 0.214 e. The maximum Gasteiger partial charge on any atom is 0.214 e. The first-order valence-corrected chi connectivity index (χ1v) is 5.86. The van der Waals surface area contributed by atoms with Crippen molar-refractivity contribution in [1.82, 2.24) is 4.98 Å². The lowest BCUT2D eigenvalue weighted by molar-refractivity contribution is 0.191. The quantitative estimate of drug-likeness (QED) is 0.717. The molecule has 0 atom stereocenters. The van der Waals surface area contributed by atoms with E-state index in [1.54, 1.807) is 18.0 Å². The Morgan fingerprint density at radius 2 is 2.14 bits per heavy atom. The molecule has 0 unspecified atom stereocenters. The zero-order valence-corrected chi connectivity index (χ0v) is 10.0. The molecule has 3 heteroatoms. The highest BCUT2D eigenvalue weighted by Crippen LogP contribution is 2.20. The molecule has 0 N–H and O–H groups in total. The molecule has 0 aliphatic heterocycles. The van der Waals surface area contributed by atoms with Crippen LogP contribution in [0, 0.1) is 5.41 Å². The Bertz CT molecular complexity index is 294. The number of pyridine rings is 1. The first kappa shape index (κ1) is 11.4. The van der Waals surface area contributed by atoms with Crippen molar-refractivity contribution in [2.45, 2.75) is 25.7 Å². The van der Waals surface area contributed by atoms with Crippen LogP contribution < -0.4 is 4.74 Å². The molecular formula is C11H17NOS. The molecule has 0 aliphatic carbocycles. The van der Waals surface area contributed by atoms with E-state index in [-0.39, 0.29) is 5.41 Å². The zero-order valence-electron chi connectivity index (χ0n) is 9.20. The Labute approximate surface area is 90.1 Å². The van der Waals surface area contributed by atoms with Crippen LogP contribution in [-0.4, -0.2) is 17.8 Å². The lowest BCUT2D eigenvalue weighted by atomic mass is 9.99. The van der Waals surface area contributed by atoms with Crippen LogP contribution in [0.1, 0.15) is 20.8 Å². The molecule has 1 rings (SSSR count). The second-order valence-corrected chi connectivity index (χ2v) is 5.26. The van der Waals surface area contributed by atoms with Gasteiger partial charge in [0.15, 0.2) is 0 Å². The van der Waals surface area contributed by atoms with Crippen LogP contribution in [0.4, 0.5) is 0 Å². The van der Waals surface area contributed by atoms with Gasteiger partial charge in [-0.05, 0) is 17.7 Å². The van der Waals surface area contributed by atoms with Crippen molar-refractivity contribution in [1.29, 1.82) is 0 Å². The molecule has 0 radical (unpaired) electrons. The number of thioether (sulfide) groups is 1. The van der Waals surface area contributed by atoms with Crippen molar-refractivity contribution in [3.05, 3.63) is 18.3 Å². The standard InChI is InChI=1S/C11H17NOS/c1-11(2,3)8-13-10-7-9(14-4)5-6-12-10/h5-7H,8H2,1-4H3.